The van der Waals surface area contributed by atoms with Gasteiger partial charge in [-0.15, -0.1) is 0 Å². The first kappa shape index (κ1) is 25.6. The van der Waals surface area contributed by atoms with Crippen molar-refractivity contribution in [2.45, 2.75) is 65.0 Å². The molecule has 0 saturated carbocycles. The van der Waals surface area contributed by atoms with Gasteiger partial charge in [0.05, 0.1) is 12.0 Å². The van der Waals surface area contributed by atoms with Gasteiger partial charge in [-0.05, 0) is 55.0 Å². The molecule has 192 valence electrons. The standard InChI is InChI=1S/C27H40N4O4/c1-5-9-29-11-13-30(14-12-29)18-6-7-19(25(28)33)20(15-18)21(16-27(2,3)4)26(34)31-10-8-23-24(31)22(32)17-35-23/h6-7,15,21,23-24H,5,8-14,16-17H2,1-4H3,(H2,28,33)/t21-,23+,24+/m0/s1. The van der Waals surface area contributed by atoms with Crippen LogP contribution in [0.2, 0.25) is 0 Å². The maximum absolute atomic E-state index is 14.0. The van der Waals surface area contributed by atoms with Crippen molar-refractivity contribution >= 4 is 23.3 Å². The summed E-state index contributed by atoms with van der Waals surface area (Å²) in [7, 11) is 0. The largest absolute Gasteiger partial charge is 0.369 e. The average molecular weight is 485 g/mol. The Kier molecular flexibility index (Phi) is 7.52. The third-order valence-corrected chi connectivity index (χ3v) is 7.46. The first-order valence-electron chi connectivity index (χ1n) is 12.9. The Hall–Kier alpha value is -2.45. The summed E-state index contributed by atoms with van der Waals surface area (Å²) in [5.41, 5.74) is 7.68. The van der Waals surface area contributed by atoms with Gasteiger partial charge in [0, 0.05) is 44.0 Å². The van der Waals surface area contributed by atoms with Crippen molar-refractivity contribution in [1.82, 2.24) is 9.80 Å². The summed E-state index contributed by atoms with van der Waals surface area (Å²) in [6.07, 6.45) is 2.13. The van der Waals surface area contributed by atoms with Crippen LogP contribution in [0.5, 0.6) is 0 Å². The van der Waals surface area contributed by atoms with Crippen LogP contribution >= 0.6 is 0 Å². The van der Waals surface area contributed by atoms with Gasteiger partial charge in [0.2, 0.25) is 11.8 Å². The fraction of sp³-hybridized carbons (Fsp3) is 0.667. The maximum atomic E-state index is 14.0. The fourth-order valence-electron chi connectivity index (χ4n) is 5.79. The molecule has 4 rings (SSSR count). The van der Waals surface area contributed by atoms with Crippen LogP contribution in [-0.4, -0.2) is 85.4 Å². The lowest BCUT2D eigenvalue weighted by Gasteiger charge is -2.37. The minimum atomic E-state index is -0.564. The summed E-state index contributed by atoms with van der Waals surface area (Å²) in [6, 6.07) is 5.18. The third kappa shape index (κ3) is 5.54. The molecule has 2 amide bonds. The lowest BCUT2D eigenvalue weighted by molar-refractivity contribution is -0.138. The third-order valence-electron chi connectivity index (χ3n) is 7.46. The summed E-state index contributed by atoms with van der Waals surface area (Å²) in [5, 5.41) is 0. The molecule has 0 aliphatic carbocycles. The minimum absolute atomic E-state index is 0.0378. The molecule has 3 aliphatic rings. The van der Waals surface area contributed by atoms with Crippen molar-refractivity contribution in [3.05, 3.63) is 29.3 Å². The van der Waals surface area contributed by atoms with Gasteiger partial charge < -0.3 is 20.3 Å². The molecule has 8 heteroatoms. The molecule has 3 atom stereocenters. The van der Waals surface area contributed by atoms with E-state index in [0.29, 0.717) is 30.5 Å². The SMILES string of the molecule is CCCN1CCN(c2ccc(C(N)=O)c([C@H](CC(C)(C)C)C(=O)N3CC[C@H]4OCC(=O)[C@H]43)c2)CC1. The van der Waals surface area contributed by atoms with E-state index < -0.39 is 17.9 Å². The lowest BCUT2D eigenvalue weighted by atomic mass is 9.79. The highest BCUT2D eigenvalue weighted by Gasteiger charge is 2.48. The van der Waals surface area contributed by atoms with Crippen LogP contribution < -0.4 is 10.6 Å². The van der Waals surface area contributed by atoms with Gasteiger partial charge in [-0.25, -0.2) is 0 Å². The summed E-state index contributed by atoms with van der Waals surface area (Å²) in [5.74, 6) is -1.25. The van der Waals surface area contributed by atoms with E-state index in [-0.39, 0.29) is 29.8 Å². The zero-order chi connectivity index (χ0) is 25.3. The quantitative estimate of drug-likeness (QED) is 0.639. The maximum Gasteiger partial charge on any atom is 0.249 e. The summed E-state index contributed by atoms with van der Waals surface area (Å²) in [4.78, 5) is 45.5. The van der Waals surface area contributed by atoms with Gasteiger partial charge in [-0.3, -0.25) is 19.3 Å². The number of amides is 2. The van der Waals surface area contributed by atoms with E-state index in [4.69, 9.17) is 10.5 Å². The molecule has 0 spiro atoms. The number of nitrogens with two attached hydrogens (primary N) is 1. The number of carbonyl (C=O) groups is 3. The number of fused-ring (bicyclic) bond motifs is 1. The molecule has 3 saturated heterocycles. The van der Waals surface area contributed by atoms with Crippen LogP contribution in [0.25, 0.3) is 0 Å². The Balaban J connectivity index is 1.68. The zero-order valence-electron chi connectivity index (χ0n) is 21.6. The Morgan fingerprint density at radius 3 is 2.49 bits per heavy atom. The van der Waals surface area contributed by atoms with Crippen LogP contribution in [0.3, 0.4) is 0 Å². The highest BCUT2D eigenvalue weighted by Crippen LogP contribution is 2.39. The first-order chi connectivity index (χ1) is 16.6. The van der Waals surface area contributed by atoms with Crippen molar-refractivity contribution < 1.29 is 19.1 Å². The van der Waals surface area contributed by atoms with Crippen LogP contribution in [0.4, 0.5) is 5.69 Å². The second-order valence-electron chi connectivity index (χ2n) is 11.4. The molecular formula is C27H40N4O4. The normalized spacial score (nSPS) is 24.1. The molecule has 0 bridgehead atoms. The molecular weight excluding hydrogens is 444 g/mol. The van der Waals surface area contributed by atoms with E-state index in [1.165, 1.54) is 0 Å². The Labute approximate surface area is 208 Å². The Morgan fingerprint density at radius 1 is 1.14 bits per heavy atom. The topological polar surface area (TPSA) is 96.2 Å². The number of anilines is 1. The number of rotatable bonds is 7. The first-order valence-corrected chi connectivity index (χ1v) is 12.9. The number of ether oxygens (including phenoxy) is 1. The Morgan fingerprint density at radius 2 is 1.86 bits per heavy atom. The van der Waals surface area contributed by atoms with Crippen molar-refractivity contribution in [3.63, 3.8) is 0 Å². The van der Waals surface area contributed by atoms with Crippen molar-refractivity contribution in [2.24, 2.45) is 11.1 Å². The Bertz CT molecular complexity index is 964. The van der Waals surface area contributed by atoms with E-state index in [1.807, 2.05) is 12.1 Å². The number of benzene rings is 1. The second kappa shape index (κ2) is 10.3. The van der Waals surface area contributed by atoms with Crippen molar-refractivity contribution in [3.8, 4) is 0 Å². The van der Waals surface area contributed by atoms with Gasteiger partial charge in [-0.2, -0.15) is 0 Å². The fourth-order valence-corrected chi connectivity index (χ4v) is 5.79. The van der Waals surface area contributed by atoms with Gasteiger partial charge in [0.1, 0.15) is 12.6 Å². The number of hydrogen-bond donors (Lipinski definition) is 1. The monoisotopic (exact) mass is 484 g/mol. The van der Waals surface area contributed by atoms with Crippen LogP contribution in [-0.2, 0) is 14.3 Å². The van der Waals surface area contributed by atoms with E-state index in [9.17, 15) is 14.4 Å². The number of carbonyl (C=O) groups excluding carboxylic acids is 3. The minimum Gasteiger partial charge on any atom is -0.369 e. The molecule has 3 fully saturated rings. The van der Waals surface area contributed by atoms with Gasteiger partial charge in [-0.1, -0.05) is 27.7 Å². The summed E-state index contributed by atoms with van der Waals surface area (Å²) in [6.45, 7) is 13.9. The number of primary amides is 1. The number of hydrogen-bond acceptors (Lipinski definition) is 6. The van der Waals surface area contributed by atoms with Crippen molar-refractivity contribution in [1.29, 1.82) is 0 Å². The molecule has 1 aromatic rings. The highest BCUT2D eigenvalue weighted by molar-refractivity contribution is 5.99. The van der Waals surface area contributed by atoms with E-state index in [1.54, 1.807) is 11.0 Å². The second-order valence-corrected chi connectivity index (χ2v) is 11.4. The number of ketones is 1. The van der Waals surface area contributed by atoms with Gasteiger partial charge in [0.25, 0.3) is 0 Å². The number of piperazine rings is 1. The predicted molar refractivity (Wildman–Crippen MR) is 136 cm³/mol. The molecule has 1 aromatic carbocycles. The van der Waals surface area contributed by atoms with Crippen LogP contribution in [0.15, 0.2) is 18.2 Å². The molecule has 35 heavy (non-hydrogen) atoms. The van der Waals surface area contributed by atoms with Crippen LogP contribution in [0.1, 0.15) is 68.8 Å². The summed E-state index contributed by atoms with van der Waals surface area (Å²) >= 11 is 0. The molecule has 3 aliphatic heterocycles. The van der Waals surface area contributed by atoms with Gasteiger partial charge in [0.15, 0.2) is 5.78 Å². The highest BCUT2D eigenvalue weighted by atomic mass is 16.5. The molecule has 3 heterocycles. The van der Waals surface area contributed by atoms with E-state index in [0.717, 1.165) is 44.8 Å². The number of Topliss-reactive ketones (excluding diaryl/α,β-unsaturated/α-hetero) is 1. The molecule has 0 aromatic heterocycles. The van der Waals surface area contributed by atoms with Crippen LogP contribution in [0, 0.1) is 5.41 Å². The molecule has 0 unspecified atom stereocenters. The molecule has 2 N–H and O–H groups in total. The summed E-state index contributed by atoms with van der Waals surface area (Å²) < 4.78 is 5.61. The van der Waals surface area contributed by atoms with Gasteiger partial charge >= 0.3 is 0 Å². The average Bonchev–Trinajstić information content (AvgIpc) is 3.40. The molecule has 8 nitrogen and oxygen atoms in total. The smallest absolute Gasteiger partial charge is 0.249 e. The number of nitrogens with zero attached hydrogens (tertiary/aromatic N) is 3. The van der Waals surface area contributed by atoms with E-state index >= 15 is 0 Å². The molecule has 0 radical (unpaired) electrons. The number of likely N-dealkylation sites (tertiary alicyclic amines) is 1. The van der Waals surface area contributed by atoms with E-state index in [2.05, 4.69) is 37.5 Å². The lowest BCUT2D eigenvalue weighted by Crippen LogP contribution is -2.46. The predicted octanol–water partition coefficient (Wildman–Crippen LogP) is 2.41. The van der Waals surface area contributed by atoms with Crippen molar-refractivity contribution in [2.75, 3.05) is 50.8 Å². The zero-order valence-corrected chi connectivity index (χ0v) is 21.6.